The lowest BCUT2D eigenvalue weighted by molar-refractivity contribution is -0.127. The van der Waals surface area contributed by atoms with Gasteiger partial charge in [-0.05, 0) is 42.7 Å². The molecule has 134 valence electrons. The molecule has 1 amide bonds. The molecule has 5 nitrogen and oxygen atoms in total. The molecule has 6 heteroatoms. The second-order valence-electron chi connectivity index (χ2n) is 6.20. The summed E-state index contributed by atoms with van der Waals surface area (Å²) in [5.41, 5.74) is 4.57. The summed E-state index contributed by atoms with van der Waals surface area (Å²) in [6, 6.07) is 10.1. The van der Waals surface area contributed by atoms with Crippen LogP contribution in [0.25, 0.3) is 5.69 Å². The van der Waals surface area contributed by atoms with E-state index >= 15 is 0 Å². The zero-order valence-corrected chi connectivity index (χ0v) is 16.0. The van der Waals surface area contributed by atoms with Crippen LogP contribution >= 0.6 is 11.8 Å². The monoisotopic (exact) mass is 366 g/mol. The maximum atomic E-state index is 12.5. The first kappa shape index (κ1) is 18.2. The molecular formula is C20H22N4OS. The van der Waals surface area contributed by atoms with Crippen molar-refractivity contribution in [1.29, 1.82) is 0 Å². The largest absolute Gasteiger partial charge is 0.341 e. The Bertz CT molecular complexity index is 892. The summed E-state index contributed by atoms with van der Waals surface area (Å²) in [5.74, 6) is 0.410. The van der Waals surface area contributed by atoms with Gasteiger partial charge in [0.05, 0.1) is 11.4 Å². The van der Waals surface area contributed by atoms with E-state index < -0.39 is 0 Å². The first-order valence-corrected chi connectivity index (χ1v) is 9.40. The third kappa shape index (κ3) is 4.14. The molecule has 0 saturated carbocycles. The third-order valence-electron chi connectivity index (χ3n) is 4.34. The van der Waals surface area contributed by atoms with E-state index in [0.717, 1.165) is 16.4 Å². The van der Waals surface area contributed by atoms with Gasteiger partial charge >= 0.3 is 0 Å². The number of hydrogen-bond acceptors (Lipinski definition) is 4. The molecule has 0 fully saturated rings. The summed E-state index contributed by atoms with van der Waals surface area (Å²) in [6.45, 7) is 4.75. The maximum absolute atomic E-state index is 12.5. The van der Waals surface area contributed by atoms with Gasteiger partial charge in [-0.15, -0.1) is 0 Å². The van der Waals surface area contributed by atoms with E-state index in [9.17, 15) is 4.79 Å². The summed E-state index contributed by atoms with van der Waals surface area (Å²) in [4.78, 5) is 22.7. The van der Waals surface area contributed by atoms with E-state index in [1.807, 2.05) is 36.0 Å². The van der Waals surface area contributed by atoms with Gasteiger partial charge in [0.15, 0.2) is 5.16 Å². The van der Waals surface area contributed by atoms with Crippen molar-refractivity contribution in [3.8, 4) is 5.69 Å². The highest BCUT2D eigenvalue weighted by atomic mass is 32.2. The van der Waals surface area contributed by atoms with Crippen molar-refractivity contribution in [1.82, 2.24) is 19.4 Å². The second kappa shape index (κ2) is 8.19. The Labute approximate surface area is 158 Å². The standard InChI is InChI=1S/C20H22N4OS/c1-15-6-4-8-18(16(15)2)24-11-10-22-20(24)26-14-19(25)23(3)13-17-7-5-9-21-12-17/h4-12H,13-14H2,1-3H3. The summed E-state index contributed by atoms with van der Waals surface area (Å²) in [7, 11) is 1.81. The van der Waals surface area contributed by atoms with Crippen molar-refractivity contribution < 1.29 is 4.79 Å². The Morgan fingerprint density at radius 1 is 1.19 bits per heavy atom. The highest BCUT2D eigenvalue weighted by Crippen LogP contribution is 2.24. The molecule has 0 bridgehead atoms. The number of carbonyl (C=O) groups excluding carboxylic acids is 1. The quantitative estimate of drug-likeness (QED) is 0.625. The number of aryl methyl sites for hydroxylation is 1. The molecule has 0 unspecified atom stereocenters. The van der Waals surface area contributed by atoms with Crippen LogP contribution in [0.4, 0.5) is 0 Å². The van der Waals surface area contributed by atoms with E-state index in [0.29, 0.717) is 12.3 Å². The van der Waals surface area contributed by atoms with Crippen molar-refractivity contribution in [2.24, 2.45) is 0 Å². The number of aromatic nitrogens is 3. The normalized spacial score (nSPS) is 10.7. The van der Waals surface area contributed by atoms with Crippen LogP contribution in [0.2, 0.25) is 0 Å². The predicted octanol–water partition coefficient (Wildman–Crippen LogP) is 3.63. The Morgan fingerprint density at radius 2 is 2.04 bits per heavy atom. The number of carbonyl (C=O) groups is 1. The Balaban J connectivity index is 1.66. The lowest BCUT2D eigenvalue weighted by Crippen LogP contribution is -2.27. The Morgan fingerprint density at radius 3 is 2.81 bits per heavy atom. The zero-order chi connectivity index (χ0) is 18.5. The van der Waals surface area contributed by atoms with Crippen LogP contribution in [0.3, 0.4) is 0 Å². The molecule has 0 saturated heterocycles. The Hall–Kier alpha value is -2.60. The van der Waals surface area contributed by atoms with Gasteiger partial charge in [0.25, 0.3) is 0 Å². The predicted molar refractivity (Wildman–Crippen MR) is 104 cm³/mol. The van der Waals surface area contributed by atoms with Crippen molar-refractivity contribution in [2.75, 3.05) is 12.8 Å². The molecule has 0 aliphatic rings. The van der Waals surface area contributed by atoms with E-state index in [1.54, 1.807) is 23.5 Å². The lowest BCUT2D eigenvalue weighted by Gasteiger charge is -2.17. The number of rotatable bonds is 6. The van der Waals surface area contributed by atoms with Crippen LogP contribution in [-0.4, -0.2) is 38.1 Å². The number of thioether (sulfide) groups is 1. The topological polar surface area (TPSA) is 51.0 Å². The minimum absolute atomic E-state index is 0.0642. The highest BCUT2D eigenvalue weighted by Gasteiger charge is 2.14. The van der Waals surface area contributed by atoms with Gasteiger partial charge in [-0.1, -0.05) is 30.0 Å². The third-order valence-corrected chi connectivity index (χ3v) is 5.29. The highest BCUT2D eigenvalue weighted by molar-refractivity contribution is 7.99. The maximum Gasteiger partial charge on any atom is 0.233 e. The van der Waals surface area contributed by atoms with E-state index in [1.165, 1.54) is 22.9 Å². The smallest absolute Gasteiger partial charge is 0.233 e. The van der Waals surface area contributed by atoms with E-state index in [-0.39, 0.29) is 5.91 Å². The van der Waals surface area contributed by atoms with Crippen LogP contribution < -0.4 is 0 Å². The minimum Gasteiger partial charge on any atom is -0.341 e. The lowest BCUT2D eigenvalue weighted by atomic mass is 10.1. The van der Waals surface area contributed by atoms with Crippen LogP contribution in [0.15, 0.2) is 60.3 Å². The van der Waals surface area contributed by atoms with Gasteiger partial charge in [0.2, 0.25) is 5.91 Å². The van der Waals surface area contributed by atoms with Crippen LogP contribution in [0, 0.1) is 13.8 Å². The molecular weight excluding hydrogens is 344 g/mol. The summed E-state index contributed by atoms with van der Waals surface area (Å²) < 4.78 is 2.04. The van der Waals surface area contributed by atoms with Gasteiger partial charge in [-0.2, -0.15) is 0 Å². The number of imidazole rings is 1. The molecule has 0 radical (unpaired) electrons. The van der Waals surface area contributed by atoms with Gasteiger partial charge in [-0.25, -0.2) is 4.98 Å². The molecule has 0 atom stereocenters. The summed E-state index contributed by atoms with van der Waals surface area (Å²) >= 11 is 1.46. The number of nitrogens with zero attached hydrogens (tertiary/aromatic N) is 4. The average Bonchev–Trinajstić information content (AvgIpc) is 3.11. The van der Waals surface area contributed by atoms with Gasteiger partial charge < -0.3 is 4.90 Å². The van der Waals surface area contributed by atoms with Crippen molar-refractivity contribution >= 4 is 17.7 Å². The van der Waals surface area contributed by atoms with E-state index in [4.69, 9.17) is 0 Å². The molecule has 26 heavy (non-hydrogen) atoms. The second-order valence-corrected chi connectivity index (χ2v) is 7.14. The first-order chi connectivity index (χ1) is 12.6. The van der Waals surface area contributed by atoms with E-state index in [2.05, 4.69) is 35.9 Å². The molecule has 2 aromatic heterocycles. The van der Waals surface area contributed by atoms with Crippen molar-refractivity contribution in [2.45, 2.75) is 25.5 Å². The Kier molecular flexibility index (Phi) is 5.73. The number of benzene rings is 1. The fourth-order valence-electron chi connectivity index (χ4n) is 2.67. The SMILES string of the molecule is Cc1cccc(-n2ccnc2SCC(=O)N(C)Cc2cccnc2)c1C. The van der Waals surface area contributed by atoms with Gasteiger partial charge in [-0.3, -0.25) is 14.3 Å². The number of pyridine rings is 1. The summed E-state index contributed by atoms with van der Waals surface area (Å²) in [5, 5.41) is 0.821. The van der Waals surface area contributed by atoms with Gasteiger partial charge in [0.1, 0.15) is 0 Å². The minimum atomic E-state index is 0.0642. The summed E-state index contributed by atoms with van der Waals surface area (Å²) in [6.07, 6.45) is 7.22. The van der Waals surface area contributed by atoms with Crippen molar-refractivity contribution in [3.05, 3.63) is 71.8 Å². The fourth-order valence-corrected chi connectivity index (χ4v) is 3.57. The van der Waals surface area contributed by atoms with Crippen LogP contribution in [0.1, 0.15) is 16.7 Å². The molecule has 0 spiro atoms. The van der Waals surface area contributed by atoms with Gasteiger partial charge in [0, 0.05) is 38.4 Å². The average molecular weight is 366 g/mol. The molecule has 0 N–H and O–H groups in total. The number of amides is 1. The number of hydrogen-bond donors (Lipinski definition) is 0. The van der Waals surface area contributed by atoms with Crippen LogP contribution in [-0.2, 0) is 11.3 Å². The molecule has 3 aromatic rings. The molecule has 2 heterocycles. The van der Waals surface area contributed by atoms with Crippen LogP contribution in [0.5, 0.6) is 0 Å². The molecule has 0 aliphatic heterocycles. The molecule has 0 aliphatic carbocycles. The fraction of sp³-hybridized carbons (Fsp3) is 0.250. The van der Waals surface area contributed by atoms with Crippen molar-refractivity contribution in [3.63, 3.8) is 0 Å². The first-order valence-electron chi connectivity index (χ1n) is 8.42. The molecule has 3 rings (SSSR count). The zero-order valence-electron chi connectivity index (χ0n) is 15.2. The molecule has 1 aromatic carbocycles.